The van der Waals surface area contributed by atoms with E-state index in [4.69, 9.17) is 14.2 Å². The summed E-state index contributed by atoms with van der Waals surface area (Å²) in [4.78, 5) is 32.8. The van der Waals surface area contributed by atoms with Crippen molar-refractivity contribution in [3.8, 4) is 11.5 Å². The number of fused-ring (bicyclic) bond motifs is 2. The maximum Gasteiger partial charge on any atom is 0.339 e. The van der Waals surface area contributed by atoms with E-state index < -0.39 is 12.6 Å². The minimum absolute atomic E-state index is 0.341. The Morgan fingerprint density at radius 3 is 2.73 bits per heavy atom. The van der Waals surface area contributed by atoms with Crippen LogP contribution in [0.2, 0.25) is 0 Å². The Morgan fingerprint density at radius 1 is 1.00 bits per heavy atom. The molecule has 0 bridgehead atoms. The number of benzene rings is 2. The summed E-state index contributed by atoms with van der Waals surface area (Å²) >= 11 is 1.55. The number of aromatic nitrogens is 1. The maximum atomic E-state index is 13.2. The molecule has 0 aliphatic carbocycles. The molecule has 7 nitrogen and oxygen atoms in total. The third kappa shape index (κ3) is 4.51. The van der Waals surface area contributed by atoms with Crippen molar-refractivity contribution in [2.24, 2.45) is 0 Å². The van der Waals surface area contributed by atoms with Crippen molar-refractivity contribution < 1.29 is 23.8 Å². The van der Waals surface area contributed by atoms with Gasteiger partial charge in [0.15, 0.2) is 18.1 Å². The first-order valence-electron chi connectivity index (χ1n) is 10.4. The minimum Gasteiger partial charge on any atom is -0.486 e. The Balaban J connectivity index is 1.36. The van der Waals surface area contributed by atoms with Crippen molar-refractivity contribution >= 4 is 39.8 Å². The zero-order valence-electron chi connectivity index (χ0n) is 17.6. The first-order chi connectivity index (χ1) is 16.2. The molecule has 8 heteroatoms. The third-order valence-electron chi connectivity index (χ3n) is 5.22. The summed E-state index contributed by atoms with van der Waals surface area (Å²) in [7, 11) is 0. The van der Waals surface area contributed by atoms with Crippen LogP contribution in [0.15, 0.2) is 72.2 Å². The lowest BCUT2D eigenvalue weighted by atomic mass is 10.1. The van der Waals surface area contributed by atoms with Gasteiger partial charge in [-0.1, -0.05) is 18.2 Å². The van der Waals surface area contributed by atoms with E-state index in [9.17, 15) is 9.59 Å². The first-order valence-corrected chi connectivity index (χ1v) is 11.3. The topological polar surface area (TPSA) is 78.0 Å². The molecule has 0 atom stereocenters. The zero-order valence-corrected chi connectivity index (χ0v) is 18.4. The third-order valence-corrected chi connectivity index (χ3v) is 6.09. The number of anilines is 1. The van der Waals surface area contributed by atoms with Gasteiger partial charge in [-0.3, -0.25) is 9.78 Å². The van der Waals surface area contributed by atoms with Gasteiger partial charge in [-0.25, -0.2) is 4.79 Å². The molecule has 166 valence electrons. The predicted octanol–water partition coefficient (Wildman–Crippen LogP) is 4.46. The van der Waals surface area contributed by atoms with Crippen LogP contribution >= 0.6 is 11.3 Å². The fourth-order valence-corrected chi connectivity index (χ4v) is 4.34. The molecule has 3 heterocycles. The number of carbonyl (C=O) groups excluding carboxylic acids is 2. The molecule has 1 aliphatic rings. The number of rotatable bonds is 6. The number of hydrogen-bond acceptors (Lipinski definition) is 7. The second-order valence-electron chi connectivity index (χ2n) is 7.34. The van der Waals surface area contributed by atoms with Crippen LogP contribution in [-0.2, 0) is 16.1 Å². The summed E-state index contributed by atoms with van der Waals surface area (Å²) in [6.07, 6.45) is 1.66. The largest absolute Gasteiger partial charge is 0.486 e. The molecule has 33 heavy (non-hydrogen) atoms. The smallest absolute Gasteiger partial charge is 0.339 e. The SMILES string of the molecule is O=C(OCC(=O)N(Cc1cccs1)c1ccc2c(c1)OCCO2)c1cccc2ncccc12. The molecule has 0 radical (unpaired) electrons. The van der Waals surface area contributed by atoms with Crippen LogP contribution in [0.25, 0.3) is 10.9 Å². The second-order valence-corrected chi connectivity index (χ2v) is 8.37. The van der Waals surface area contributed by atoms with Crippen molar-refractivity contribution in [3.05, 3.63) is 82.7 Å². The Hall–Kier alpha value is -3.91. The molecule has 0 fully saturated rings. The van der Waals surface area contributed by atoms with E-state index in [-0.39, 0.29) is 5.91 Å². The van der Waals surface area contributed by atoms with Gasteiger partial charge in [0, 0.05) is 28.2 Å². The number of esters is 1. The fourth-order valence-electron chi connectivity index (χ4n) is 3.65. The van der Waals surface area contributed by atoms with Crippen molar-refractivity contribution in [2.45, 2.75) is 6.54 Å². The normalized spacial score (nSPS) is 12.4. The van der Waals surface area contributed by atoms with E-state index in [1.807, 2.05) is 23.6 Å². The molecule has 2 aromatic heterocycles. The summed E-state index contributed by atoms with van der Waals surface area (Å²) in [6.45, 7) is 0.901. The number of thiophene rings is 1. The fraction of sp³-hybridized carbons (Fsp3) is 0.160. The number of carbonyl (C=O) groups is 2. The van der Waals surface area contributed by atoms with E-state index >= 15 is 0 Å². The van der Waals surface area contributed by atoms with Gasteiger partial charge >= 0.3 is 5.97 Å². The zero-order chi connectivity index (χ0) is 22.6. The Kier molecular flexibility index (Phi) is 5.91. The molecular formula is C25H20N2O5S. The van der Waals surface area contributed by atoms with E-state index in [0.717, 1.165) is 4.88 Å². The van der Waals surface area contributed by atoms with Gasteiger partial charge in [0.05, 0.1) is 17.6 Å². The molecule has 0 saturated heterocycles. The minimum atomic E-state index is -0.569. The van der Waals surface area contributed by atoms with Gasteiger partial charge in [-0.05, 0) is 41.8 Å². The average Bonchev–Trinajstić information content (AvgIpc) is 3.38. The van der Waals surface area contributed by atoms with Gasteiger partial charge in [-0.15, -0.1) is 11.3 Å². The maximum absolute atomic E-state index is 13.2. The van der Waals surface area contributed by atoms with Crippen molar-refractivity contribution in [1.82, 2.24) is 4.98 Å². The van der Waals surface area contributed by atoms with Crippen LogP contribution in [0, 0.1) is 0 Å². The average molecular weight is 461 g/mol. The van der Waals surface area contributed by atoms with E-state index in [1.54, 1.807) is 64.9 Å². The summed E-state index contributed by atoms with van der Waals surface area (Å²) in [5.41, 5.74) is 1.70. The number of ether oxygens (including phenoxy) is 3. The lowest BCUT2D eigenvalue weighted by molar-refractivity contribution is -0.121. The van der Waals surface area contributed by atoms with Crippen molar-refractivity contribution in [1.29, 1.82) is 0 Å². The highest BCUT2D eigenvalue weighted by molar-refractivity contribution is 7.09. The van der Waals surface area contributed by atoms with Crippen LogP contribution in [-0.4, -0.2) is 36.7 Å². The van der Waals surface area contributed by atoms with Crippen LogP contribution in [0.1, 0.15) is 15.2 Å². The molecule has 0 spiro atoms. The molecule has 0 N–H and O–H groups in total. The van der Waals surface area contributed by atoms with Gasteiger partial charge in [-0.2, -0.15) is 0 Å². The quantitative estimate of drug-likeness (QED) is 0.396. The van der Waals surface area contributed by atoms with Gasteiger partial charge in [0.25, 0.3) is 5.91 Å². The molecule has 0 unspecified atom stereocenters. The lowest BCUT2D eigenvalue weighted by Crippen LogP contribution is -2.34. The van der Waals surface area contributed by atoms with Crippen LogP contribution < -0.4 is 14.4 Å². The highest BCUT2D eigenvalue weighted by Crippen LogP contribution is 2.34. The number of hydrogen-bond donors (Lipinski definition) is 0. The van der Waals surface area contributed by atoms with Gasteiger partial charge < -0.3 is 19.1 Å². The summed E-state index contributed by atoms with van der Waals surface area (Å²) in [5.74, 6) is 0.319. The lowest BCUT2D eigenvalue weighted by Gasteiger charge is -2.25. The Labute approximate surface area is 194 Å². The van der Waals surface area contributed by atoms with E-state index in [1.165, 1.54) is 0 Å². The van der Waals surface area contributed by atoms with Crippen LogP contribution in [0.4, 0.5) is 5.69 Å². The molecule has 1 amide bonds. The highest BCUT2D eigenvalue weighted by Gasteiger charge is 2.22. The molecule has 4 aromatic rings. The van der Waals surface area contributed by atoms with Crippen molar-refractivity contribution in [2.75, 3.05) is 24.7 Å². The van der Waals surface area contributed by atoms with Gasteiger partial charge in [0.1, 0.15) is 13.2 Å². The van der Waals surface area contributed by atoms with Crippen molar-refractivity contribution in [3.63, 3.8) is 0 Å². The van der Waals surface area contributed by atoms with E-state index in [2.05, 4.69) is 4.98 Å². The molecule has 0 saturated carbocycles. The molecular weight excluding hydrogens is 440 g/mol. The summed E-state index contributed by atoms with van der Waals surface area (Å²) in [5, 5.41) is 2.64. The molecule has 1 aliphatic heterocycles. The standard InChI is InChI=1S/C25H20N2O5S/c28-24(16-32-25(29)20-5-1-7-21-19(20)6-2-10-26-21)27(15-18-4-3-13-33-18)17-8-9-22-23(14-17)31-12-11-30-22/h1-10,13-14H,11-12,15-16H2. The number of pyridine rings is 1. The van der Waals surface area contributed by atoms with E-state index in [0.29, 0.717) is 53.4 Å². The van der Waals surface area contributed by atoms with Gasteiger partial charge in [0.2, 0.25) is 0 Å². The molecule has 5 rings (SSSR count). The first kappa shape index (κ1) is 21.0. The Bertz CT molecular complexity index is 1300. The summed E-state index contributed by atoms with van der Waals surface area (Å²) in [6, 6.07) is 18.0. The number of amides is 1. The molecule has 2 aromatic carbocycles. The van der Waals surface area contributed by atoms with Crippen LogP contribution in [0.3, 0.4) is 0 Å². The summed E-state index contributed by atoms with van der Waals surface area (Å²) < 4.78 is 16.7. The second kappa shape index (κ2) is 9.30. The predicted molar refractivity (Wildman–Crippen MR) is 125 cm³/mol. The highest BCUT2D eigenvalue weighted by atomic mass is 32.1. The van der Waals surface area contributed by atoms with Crippen LogP contribution in [0.5, 0.6) is 11.5 Å². The number of nitrogens with zero attached hydrogens (tertiary/aromatic N) is 2. The monoisotopic (exact) mass is 460 g/mol. The Morgan fingerprint density at radius 2 is 1.88 bits per heavy atom.